The van der Waals surface area contributed by atoms with Gasteiger partial charge in [-0.15, -0.1) is 11.3 Å². The Morgan fingerprint density at radius 2 is 1.80 bits per heavy atom. The summed E-state index contributed by atoms with van der Waals surface area (Å²) in [4.78, 5) is 13.9. The van der Waals surface area contributed by atoms with Crippen molar-refractivity contribution in [1.29, 1.82) is 0 Å². The largest absolute Gasteiger partial charge is 0.322 e. The molecule has 2 heterocycles. The van der Waals surface area contributed by atoms with E-state index in [1.165, 1.54) is 35.3 Å². The first-order valence-corrected chi connectivity index (χ1v) is 11.3. The molecule has 0 spiro atoms. The number of hydrogen-bond donors (Lipinski definition) is 1. The van der Waals surface area contributed by atoms with E-state index in [4.69, 9.17) is 0 Å². The van der Waals surface area contributed by atoms with Crippen LogP contribution in [0.2, 0.25) is 0 Å². The second-order valence-electron chi connectivity index (χ2n) is 7.54. The zero-order chi connectivity index (χ0) is 20.9. The molecule has 1 amide bonds. The third-order valence-corrected chi connectivity index (χ3v) is 6.16. The number of nitrogens with one attached hydrogen (secondary N) is 1. The number of hydrogen-bond acceptors (Lipinski definition) is 2. The lowest BCUT2D eigenvalue weighted by atomic mass is 10.0. The minimum Gasteiger partial charge on any atom is -0.322 e. The van der Waals surface area contributed by atoms with E-state index >= 15 is 0 Å². The number of rotatable bonds is 7. The quantitative estimate of drug-likeness (QED) is 0.343. The number of nitrogens with zero attached hydrogens (tertiary/aromatic N) is 1. The van der Waals surface area contributed by atoms with Crippen molar-refractivity contribution >= 4 is 22.9 Å². The molecule has 0 radical (unpaired) electrons. The number of benzene rings is 2. The topological polar surface area (TPSA) is 34.0 Å². The molecule has 0 aliphatic carbocycles. The second kappa shape index (κ2) is 9.14. The lowest BCUT2D eigenvalue weighted by Gasteiger charge is -2.11. The van der Waals surface area contributed by atoms with E-state index in [0.29, 0.717) is 4.88 Å². The highest BCUT2D eigenvalue weighted by molar-refractivity contribution is 7.13. The predicted molar refractivity (Wildman–Crippen MR) is 127 cm³/mol. The summed E-state index contributed by atoms with van der Waals surface area (Å²) in [6.07, 6.45) is 7.42. The molecule has 0 saturated heterocycles. The van der Waals surface area contributed by atoms with E-state index in [-0.39, 0.29) is 5.91 Å². The van der Waals surface area contributed by atoms with Crippen LogP contribution < -0.4 is 5.32 Å². The van der Waals surface area contributed by atoms with Crippen LogP contribution in [0.4, 0.5) is 5.69 Å². The van der Waals surface area contributed by atoms with Gasteiger partial charge >= 0.3 is 0 Å². The molecule has 4 heteroatoms. The van der Waals surface area contributed by atoms with Crippen LogP contribution in [0, 0.1) is 6.92 Å². The molecule has 0 aliphatic heterocycles. The maximum absolute atomic E-state index is 13.2. The number of carbonyl (C=O) groups is 1. The molecule has 4 rings (SSSR count). The number of amides is 1. The maximum atomic E-state index is 13.2. The fourth-order valence-electron chi connectivity index (χ4n) is 3.59. The molecule has 0 unspecified atom stereocenters. The lowest BCUT2D eigenvalue weighted by Crippen LogP contribution is -2.13. The van der Waals surface area contributed by atoms with E-state index < -0.39 is 0 Å². The van der Waals surface area contributed by atoms with Gasteiger partial charge in [-0.3, -0.25) is 4.79 Å². The van der Waals surface area contributed by atoms with E-state index in [1.807, 2.05) is 41.2 Å². The average Bonchev–Trinajstić information content (AvgIpc) is 3.43. The van der Waals surface area contributed by atoms with Gasteiger partial charge in [0.2, 0.25) is 0 Å². The molecule has 2 aromatic carbocycles. The fourth-order valence-corrected chi connectivity index (χ4v) is 4.56. The second-order valence-corrected chi connectivity index (χ2v) is 8.42. The highest BCUT2D eigenvalue weighted by Crippen LogP contribution is 2.35. The van der Waals surface area contributed by atoms with Crippen molar-refractivity contribution in [2.45, 2.75) is 33.1 Å². The molecule has 152 valence electrons. The van der Waals surface area contributed by atoms with Gasteiger partial charge in [0, 0.05) is 29.0 Å². The van der Waals surface area contributed by atoms with Gasteiger partial charge in [-0.25, -0.2) is 0 Å². The molecule has 2 aromatic heterocycles. The highest BCUT2D eigenvalue weighted by Gasteiger charge is 2.20. The molecular weight excluding hydrogens is 388 g/mol. The van der Waals surface area contributed by atoms with Gasteiger partial charge < -0.3 is 9.88 Å². The van der Waals surface area contributed by atoms with Crippen LogP contribution in [-0.4, -0.2) is 10.5 Å². The summed E-state index contributed by atoms with van der Waals surface area (Å²) in [5, 5.41) is 5.15. The summed E-state index contributed by atoms with van der Waals surface area (Å²) in [5.41, 5.74) is 6.44. The van der Waals surface area contributed by atoms with Gasteiger partial charge in [0.25, 0.3) is 5.91 Å². The Morgan fingerprint density at radius 1 is 1.03 bits per heavy atom. The van der Waals surface area contributed by atoms with Crippen molar-refractivity contribution in [3.63, 3.8) is 0 Å². The number of aromatic nitrogens is 1. The van der Waals surface area contributed by atoms with E-state index in [0.717, 1.165) is 28.9 Å². The standard InChI is InChI=1S/C26H26N2OS/c1-3-4-9-20-11-13-22(14-12-20)27-26(29)25-24(28-15-5-6-16-28)23(18-30-25)21-10-7-8-19(2)17-21/h5-8,10-18H,3-4,9H2,1-2H3,(H,27,29). The van der Waals surface area contributed by atoms with E-state index in [1.54, 1.807) is 0 Å². The summed E-state index contributed by atoms with van der Waals surface area (Å²) in [5.74, 6) is -0.0797. The van der Waals surface area contributed by atoms with Crippen LogP contribution in [0.3, 0.4) is 0 Å². The number of anilines is 1. The van der Waals surface area contributed by atoms with Crippen LogP contribution in [0.15, 0.2) is 78.4 Å². The fraction of sp³-hybridized carbons (Fsp3) is 0.192. The SMILES string of the molecule is CCCCc1ccc(NC(=O)c2scc(-c3cccc(C)c3)c2-n2cccc2)cc1. The van der Waals surface area contributed by atoms with Crippen molar-refractivity contribution in [1.82, 2.24) is 4.57 Å². The van der Waals surface area contributed by atoms with Crippen LogP contribution >= 0.6 is 11.3 Å². The molecule has 0 aliphatic rings. The maximum Gasteiger partial charge on any atom is 0.267 e. The Morgan fingerprint density at radius 3 is 2.50 bits per heavy atom. The Kier molecular flexibility index (Phi) is 6.15. The third-order valence-electron chi connectivity index (χ3n) is 5.19. The Hall–Kier alpha value is -3.11. The number of carbonyl (C=O) groups excluding carboxylic acids is 1. The average molecular weight is 415 g/mol. The number of unbranched alkanes of at least 4 members (excludes halogenated alkanes) is 1. The van der Waals surface area contributed by atoms with Crippen LogP contribution in [0.5, 0.6) is 0 Å². The van der Waals surface area contributed by atoms with Crippen molar-refractivity contribution in [3.8, 4) is 16.8 Å². The summed E-state index contributed by atoms with van der Waals surface area (Å²) >= 11 is 1.48. The van der Waals surface area contributed by atoms with Gasteiger partial charge in [0.15, 0.2) is 0 Å². The highest BCUT2D eigenvalue weighted by atomic mass is 32.1. The zero-order valence-corrected chi connectivity index (χ0v) is 18.2. The summed E-state index contributed by atoms with van der Waals surface area (Å²) in [6, 6.07) is 20.5. The third kappa shape index (κ3) is 4.39. The van der Waals surface area contributed by atoms with Crippen molar-refractivity contribution in [3.05, 3.63) is 94.4 Å². The van der Waals surface area contributed by atoms with Crippen molar-refractivity contribution < 1.29 is 4.79 Å². The monoisotopic (exact) mass is 414 g/mol. The first-order valence-electron chi connectivity index (χ1n) is 10.4. The molecule has 3 nitrogen and oxygen atoms in total. The van der Waals surface area contributed by atoms with Gasteiger partial charge in [-0.1, -0.05) is 55.3 Å². The van der Waals surface area contributed by atoms with E-state index in [9.17, 15) is 4.79 Å². The Bertz CT molecular complexity index is 1120. The molecule has 0 fully saturated rings. The van der Waals surface area contributed by atoms with Gasteiger partial charge in [0.1, 0.15) is 4.88 Å². The minimum atomic E-state index is -0.0797. The van der Waals surface area contributed by atoms with Gasteiger partial charge in [-0.05, 0) is 55.2 Å². The molecular formula is C26H26N2OS. The van der Waals surface area contributed by atoms with Gasteiger partial charge in [0.05, 0.1) is 5.69 Å². The number of thiophene rings is 1. The predicted octanol–water partition coefficient (Wildman–Crippen LogP) is 7.11. The van der Waals surface area contributed by atoms with Crippen LogP contribution in [0.25, 0.3) is 16.8 Å². The van der Waals surface area contributed by atoms with Crippen molar-refractivity contribution in [2.75, 3.05) is 5.32 Å². The Balaban J connectivity index is 1.64. The smallest absolute Gasteiger partial charge is 0.267 e. The molecule has 0 atom stereocenters. The van der Waals surface area contributed by atoms with Gasteiger partial charge in [-0.2, -0.15) is 0 Å². The first-order chi connectivity index (χ1) is 14.7. The summed E-state index contributed by atoms with van der Waals surface area (Å²) < 4.78 is 2.02. The zero-order valence-electron chi connectivity index (χ0n) is 17.4. The number of aryl methyl sites for hydroxylation is 2. The van der Waals surface area contributed by atoms with Crippen LogP contribution in [-0.2, 0) is 6.42 Å². The van der Waals surface area contributed by atoms with Crippen molar-refractivity contribution in [2.24, 2.45) is 0 Å². The molecule has 4 aromatic rings. The minimum absolute atomic E-state index is 0.0797. The molecule has 30 heavy (non-hydrogen) atoms. The normalized spacial score (nSPS) is 10.9. The van der Waals surface area contributed by atoms with E-state index in [2.05, 4.69) is 60.9 Å². The molecule has 0 saturated carbocycles. The molecule has 1 N–H and O–H groups in total. The Labute approximate surface area is 182 Å². The molecule has 0 bridgehead atoms. The summed E-state index contributed by atoms with van der Waals surface area (Å²) in [7, 11) is 0. The van der Waals surface area contributed by atoms with Crippen LogP contribution in [0.1, 0.15) is 40.6 Å². The first kappa shape index (κ1) is 20.2. The lowest BCUT2D eigenvalue weighted by molar-refractivity contribution is 0.103. The summed E-state index contributed by atoms with van der Waals surface area (Å²) in [6.45, 7) is 4.28.